The summed E-state index contributed by atoms with van der Waals surface area (Å²) in [4.78, 5) is 11.9. The van der Waals surface area contributed by atoms with Gasteiger partial charge in [-0.05, 0) is 47.5 Å². The lowest BCUT2D eigenvalue weighted by molar-refractivity contribution is 0.324. The first-order valence-corrected chi connectivity index (χ1v) is 11.7. The molecule has 3 heterocycles. The number of benzene rings is 3. The van der Waals surface area contributed by atoms with Gasteiger partial charge in [-0.1, -0.05) is 36.4 Å². The van der Waals surface area contributed by atoms with Crippen molar-refractivity contribution >= 4 is 21.8 Å². The summed E-state index contributed by atoms with van der Waals surface area (Å²) in [6.45, 7) is 0. The molecular formula is C30H25N3O3. The number of nitrogens with one attached hydrogen (secondary N) is 2. The van der Waals surface area contributed by atoms with Crippen molar-refractivity contribution in [3.8, 4) is 50.9 Å². The second-order valence-corrected chi connectivity index (χ2v) is 8.54. The largest absolute Gasteiger partial charge is 0.493 e. The van der Waals surface area contributed by atoms with E-state index in [0.29, 0.717) is 17.2 Å². The predicted octanol–water partition coefficient (Wildman–Crippen LogP) is 7.07. The standard InChI is InChI=1S/C30H25N3O3/c1-34-28-14-19(15-29(35-2)30(28)36-3)18-12-26(22-16-31-24-10-6-4-8-20(22)24)33-27(13-18)23-17-32-25-11-7-5-9-21(23)25/h4-17,31-32H,1-3H3. The molecule has 0 unspecified atom stereocenters. The summed E-state index contributed by atoms with van der Waals surface area (Å²) in [7, 11) is 4.86. The van der Waals surface area contributed by atoms with E-state index in [2.05, 4.69) is 46.4 Å². The Balaban J connectivity index is 1.62. The van der Waals surface area contributed by atoms with E-state index in [0.717, 1.165) is 55.4 Å². The molecule has 0 spiro atoms. The van der Waals surface area contributed by atoms with Crippen LogP contribution in [0.4, 0.5) is 0 Å². The molecular weight excluding hydrogens is 450 g/mol. The molecule has 6 aromatic rings. The van der Waals surface area contributed by atoms with E-state index in [1.165, 1.54) is 0 Å². The van der Waals surface area contributed by atoms with E-state index in [4.69, 9.17) is 19.2 Å². The minimum atomic E-state index is 0.562. The van der Waals surface area contributed by atoms with Crippen LogP contribution in [0.2, 0.25) is 0 Å². The number of nitrogens with zero attached hydrogens (tertiary/aromatic N) is 1. The van der Waals surface area contributed by atoms with Crippen LogP contribution in [0.5, 0.6) is 17.2 Å². The second-order valence-electron chi connectivity index (χ2n) is 8.54. The maximum absolute atomic E-state index is 5.63. The number of methoxy groups -OCH3 is 3. The lowest BCUT2D eigenvalue weighted by atomic mass is 9.99. The van der Waals surface area contributed by atoms with Crippen molar-refractivity contribution in [3.63, 3.8) is 0 Å². The van der Waals surface area contributed by atoms with Crippen LogP contribution in [-0.2, 0) is 0 Å². The summed E-state index contributed by atoms with van der Waals surface area (Å²) in [6.07, 6.45) is 4.04. The number of hydrogen-bond donors (Lipinski definition) is 2. The van der Waals surface area contributed by atoms with Crippen molar-refractivity contribution in [2.45, 2.75) is 0 Å². The highest BCUT2D eigenvalue weighted by atomic mass is 16.5. The van der Waals surface area contributed by atoms with Crippen LogP contribution in [0.3, 0.4) is 0 Å². The molecule has 0 aliphatic rings. The normalized spacial score (nSPS) is 11.2. The van der Waals surface area contributed by atoms with Crippen LogP contribution >= 0.6 is 0 Å². The molecule has 178 valence electrons. The number of H-pyrrole nitrogens is 2. The fraction of sp³-hybridized carbons (Fsp3) is 0.100. The van der Waals surface area contributed by atoms with E-state index in [1.807, 2.05) is 48.8 Å². The highest BCUT2D eigenvalue weighted by Crippen LogP contribution is 2.43. The quantitative estimate of drug-likeness (QED) is 0.270. The van der Waals surface area contributed by atoms with Crippen molar-refractivity contribution in [1.29, 1.82) is 0 Å². The molecule has 3 aromatic carbocycles. The average molecular weight is 476 g/mol. The van der Waals surface area contributed by atoms with Gasteiger partial charge in [0, 0.05) is 45.3 Å². The van der Waals surface area contributed by atoms with E-state index < -0.39 is 0 Å². The van der Waals surface area contributed by atoms with E-state index >= 15 is 0 Å². The Morgan fingerprint density at radius 3 is 1.53 bits per heavy atom. The molecule has 0 aliphatic carbocycles. The van der Waals surface area contributed by atoms with Gasteiger partial charge in [0.05, 0.1) is 32.7 Å². The monoisotopic (exact) mass is 475 g/mol. The van der Waals surface area contributed by atoms with Crippen molar-refractivity contribution in [2.75, 3.05) is 21.3 Å². The Morgan fingerprint density at radius 2 is 1.06 bits per heavy atom. The zero-order valence-corrected chi connectivity index (χ0v) is 20.3. The highest BCUT2D eigenvalue weighted by Gasteiger charge is 2.18. The zero-order chi connectivity index (χ0) is 24.6. The second kappa shape index (κ2) is 8.82. The molecule has 0 aliphatic heterocycles. The maximum Gasteiger partial charge on any atom is 0.203 e. The third-order valence-electron chi connectivity index (χ3n) is 6.55. The topological polar surface area (TPSA) is 72.2 Å². The first-order valence-electron chi connectivity index (χ1n) is 11.7. The molecule has 6 heteroatoms. The number of aromatic amines is 2. The van der Waals surface area contributed by atoms with Crippen LogP contribution in [0.1, 0.15) is 0 Å². The third kappa shape index (κ3) is 3.55. The molecule has 3 aromatic heterocycles. The fourth-order valence-electron chi connectivity index (χ4n) is 4.79. The van der Waals surface area contributed by atoms with Crippen molar-refractivity contribution in [3.05, 3.63) is 85.2 Å². The van der Waals surface area contributed by atoms with Crippen LogP contribution in [0.25, 0.3) is 55.4 Å². The van der Waals surface area contributed by atoms with Gasteiger partial charge in [-0.25, -0.2) is 4.98 Å². The fourth-order valence-corrected chi connectivity index (χ4v) is 4.79. The summed E-state index contributed by atoms with van der Waals surface area (Å²) in [5, 5.41) is 2.24. The third-order valence-corrected chi connectivity index (χ3v) is 6.55. The molecule has 6 nitrogen and oxygen atoms in total. The molecule has 0 amide bonds. The molecule has 6 rings (SSSR count). The Bertz CT molecular complexity index is 1600. The summed E-state index contributed by atoms with van der Waals surface area (Å²) in [5.41, 5.74) is 7.90. The van der Waals surface area contributed by atoms with E-state index in [9.17, 15) is 0 Å². The first-order chi connectivity index (χ1) is 17.7. The molecule has 0 fully saturated rings. The van der Waals surface area contributed by atoms with Crippen molar-refractivity contribution in [1.82, 2.24) is 15.0 Å². The van der Waals surface area contributed by atoms with E-state index in [1.54, 1.807) is 21.3 Å². The average Bonchev–Trinajstić information content (AvgIpc) is 3.56. The lowest BCUT2D eigenvalue weighted by Gasteiger charge is -2.15. The van der Waals surface area contributed by atoms with E-state index in [-0.39, 0.29) is 0 Å². The maximum atomic E-state index is 5.63. The number of fused-ring (bicyclic) bond motifs is 2. The summed E-state index contributed by atoms with van der Waals surface area (Å²) < 4.78 is 16.8. The molecule has 0 bridgehead atoms. The highest BCUT2D eigenvalue weighted by molar-refractivity contribution is 5.98. The Kier molecular flexibility index (Phi) is 5.34. The molecule has 0 saturated heterocycles. The zero-order valence-electron chi connectivity index (χ0n) is 20.3. The van der Waals surface area contributed by atoms with Gasteiger partial charge in [0.2, 0.25) is 5.75 Å². The van der Waals surface area contributed by atoms with Gasteiger partial charge < -0.3 is 24.2 Å². The number of para-hydroxylation sites is 2. The van der Waals surface area contributed by atoms with Crippen molar-refractivity contribution < 1.29 is 14.2 Å². The molecule has 36 heavy (non-hydrogen) atoms. The Morgan fingerprint density at radius 1 is 0.583 bits per heavy atom. The van der Waals surface area contributed by atoms with Gasteiger partial charge in [-0.3, -0.25) is 0 Å². The predicted molar refractivity (Wildman–Crippen MR) is 144 cm³/mol. The summed E-state index contributed by atoms with van der Waals surface area (Å²) >= 11 is 0. The number of aromatic nitrogens is 3. The van der Waals surface area contributed by atoms with Crippen LogP contribution in [0.15, 0.2) is 85.2 Å². The van der Waals surface area contributed by atoms with Gasteiger partial charge in [0.1, 0.15) is 0 Å². The van der Waals surface area contributed by atoms with Gasteiger partial charge in [-0.2, -0.15) is 0 Å². The number of rotatable bonds is 6. The number of ether oxygens (including phenoxy) is 3. The number of pyridine rings is 1. The van der Waals surface area contributed by atoms with Gasteiger partial charge >= 0.3 is 0 Å². The smallest absolute Gasteiger partial charge is 0.203 e. The molecule has 0 radical (unpaired) electrons. The van der Waals surface area contributed by atoms with Gasteiger partial charge in [0.15, 0.2) is 11.5 Å². The van der Waals surface area contributed by atoms with Crippen LogP contribution < -0.4 is 14.2 Å². The molecule has 2 N–H and O–H groups in total. The van der Waals surface area contributed by atoms with Crippen LogP contribution in [-0.4, -0.2) is 36.3 Å². The minimum Gasteiger partial charge on any atom is -0.493 e. The molecule has 0 saturated carbocycles. The summed E-state index contributed by atoms with van der Waals surface area (Å²) in [6, 6.07) is 24.7. The SMILES string of the molecule is COc1cc(-c2cc(-c3c[nH]c4ccccc34)nc(-c3c[nH]c4ccccc34)c2)cc(OC)c1OC. The first kappa shape index (κ1) is 21.8. The Labute approximate surface area is 208 Å². The van der Waals surface area contributed by atoms with Gasteiger partial charge in [0.25, 0.3) is 0 Å². The summed E-state index contributed by atoms with van der Waals surface area (Å²) in [5.74, 6) is 1.77. The van der Waals surface area contributed by atoms with Crippen molar-refractivity contribution in [2.24, 2.45) is 0 Å². The Hall–Kier alpha value is -4.71. The lowest BCUT2D eigenvalue weighted by Crippen LogP contribution is -1.96. The number of hydrogen-bond acceptors (Lipinski definition) is 4. The molecule has 0 atom stereocenters. The van der Waals surface area contributed by atoms with Gasteiger partial charge in [-0.15, -0.1) is 0 Å². The minimum absolute atomic E-state index is 0.562. The van der Waals surface area contributed by atoms with Crippen LogP contribution in [0, 0.1) is 0 Å².